The fraction of sp³-hybridized carbons (Fsp3) is 0. The maximum atomic E-state index is 13.3. The molecule has 0 aliphatic rings. The van der Waals surface area contributed by atoms with Crippen LogP contribution in [0.1, 0.15) is 31.8 Å². The van der Waals surface area contributed by atoms with Gasteiger partial charge in [-0.1, -0.05) is 84.9 Å². The molecule has 0 bridgehead atoms. The van der Waals surface area contributed by atoms with Crippen molar-refractivity contribution >= 4 is 11.6 Å². The topological polar surface area (TPSA) is 52.6 Å². The number of ketones is 2. The molecule has 0 unspecified atom stereocenters. The van der Waals surface area contributed by atoms with Crippen LogP contribution in [0.15, 0.2) is 133 Å². The summed E-state index contributed by atoms with van der Waals surface area (Å²) in [6.07, 6.45) is 0. The van der Waals surface area contributed by atoms with Crippen molar-refractivity contribution in [2.75, 3.05) is 0 Å². The van der Waals surface area contributed by atoms with E-state index in [0.717, 1.165) is 0 Å². The molecule has 0 spiro atoms. The first-order chi connectivity index (χ1) is 17.7. The number of carbonyl (C=O) groups excluding carboxylic acids is 2. The first-order valence-electron chi connectivity index (χ1n) is 11.5. The number of benzene rings is 5. The summed E-state index contributed by atoms with van der Waals surface area (Å²) in [5.41, 5.74) is 1.82. The van der Waals surface area contributed by atoms with E-state index in [9.17, 15) is 9.59 Å². The van der Waals surface area contributed by atoms with Gasteiger partial charge in [-0.3, -0.25) is 9.59 Å². The van der Waals surface area contributed by atoms with E-state index in [1.807, 2.05) is 72.8 Å². The molecule has 0 fully saturated rings. The van der Waals surface area contributed by atoms with Crippen LogP contribution >= 0.6 is 0 Å². The molecule has 0 saturated carbocycles. The molecule has 5 rings (SSSR count). The van der Waals surface area contributed by atoms with E-state index in [4.69, 9.17) is 9.47 Å². The van der Waals surface area contributed by atoms with Crippen molar-refractivity contribution in [1.29, 1.82) is 0 Å². The smallest absolute Gasteiger partial charge is 0.196 e. The lowest BCUT2D eigenvalue weighted by Crippen LogP contribution is -2.06. The average molecular weight is 471 g/mol. The SMILES string of the molecule is O=C(c1ccc(C(=O)c2ccccc2Oc2ccccc2)cc1)c1ccccc1Oc1ccccc1. The van der Waals surface area contributed by atoms with Crippen molar-refractivity contribution in [2.45, 2.75) is 0 Å². The van der Waals surface area contributed by atoms with Gasteiger partial charge in [-0.05, 0) is 48.5 Å². The Bertz CT molecular complexity index is 1370. The summed E-state index contributed by atoms with van der Waals surface area (Å²) in [7, 11) is 0. The summed E-state index contributed by atoms with van der Waals surface area (Å²) in [5.74, 6) is 1.87. The highest BCUT2D eigenvalue weighted by atomic mass is 16.5. The van der Waals surface area contributed by atoms with E-state index in [0.29, 0.717) is 45.3 Å². The van der Waals surface area contributed by atoms with Gasteiger partial charge in [0, 0.05) is 11.1 Å². The monoisotopic (exact) mass is 470 g/mol. The van der Waals surface area contributed by atoms with Crippen LogP contribution in [0.25, 0.3) is 0 Å². The number of carbonyl (C=O) groups is 2. The zero-order valence-corrected chi connectivity index (χ0v) is 19.3. The lowest BCUT2D eigenvalue weighted by molar-refractivity contribution is 0.102. The highest BCUT2D eigenvalue weighted by Crippen LogP contribution is 2.29. The summed E-state index contributed by atoms with van der Waals surface area (Å²) in [6, 6.07) is 39.5. The molecule has 0 aromatic heterocycles. The van der Waals surface area contributed by atoms with Gasteiger partial charge < -0.3 is 9.47 Å². The number of para-hydroxylation sites is 4. The molecule has 0 N–H and O–H groups in total. The van der Waals surface area contributed by atoms with E-state index in [1.165, 1.54) is 0 Å². The Morgan fingerprint density at radius 3 is 1.11 bits per heavy atom. The molecular weight excluding hydrogens is 448 g/mol. The molecule has 174 valence electrons. The Kier molecular flexibility index (Phi) is 6.68. The highest BCUT2D eigenvalue weighted by Gasteiger charge is 2.18. The maximum Gasteiger partial charge on any atom is 0.196 e. The Labute approximate surface area is 209 Å². The van der Waals surface area contributed by atoms with Gasteiger partial charge >= 0.3 is 0 Å². The minimum absolute atomic E-state index is 0.187. The van der Waals surface area contributed by atoms with Crippen LogP contribution in [-0.2, 0) is 0 Å². The van der Waals surface area contributed by atoms with Crippen LogP contribution in [0.5, 0.6) is 23.0 Å². The third-order valence-corrected chi connectivity index (χ3v) is 5.61. The van der Waals surface area contributed by atoms with E-state index in [-0.39, 0.29) is 11.6 Å². The van der Waals surface area contributed by atoms with Crippen molar-refractivity contribution in [3.05, 3.63) is 156 Å². The van der Waals surface area contributed by atoms with Gasteiger partial charge in [-0.2, -0.15) is 0 Å². The van der Waals surface area contributed by atoms with Crippen molar-refractivity contribution in [3.8, 4) is 23.0 Å². The molecule has 0 saturated heterocycles. The summed E-state index contributed by atoms with van der Waals surface area (Å²) in [4.78, 5) is 26.6. The quantitative estimate of drug-likeness (QED) is 0.218. The van der Waals surface area contributed by atoms with Gasteiger partial charge in [-0.15, -0.1) is 0 Å². The molecule has 4 heteroatoms. The Balaban J connectivity index is 1.37. The molecule has 0 amide bonds. The lowest BCUT2D eigenvalue weighted by Gasteiger charge is -2.12. The summed E-state index contributed by atoms with van der Waals surface area (Å²) in [5, 5.41) is 0. The minimum atomic E-state index is -0.187. The first kappa shape index (κ1) is 22.8. The standard InChI is InChI=1S/C32H22O4/c33-31(27-15-7-9-17-29(27)35-25-11-3-1-4-12-25)23-19-21-24(22-20-23)32(34)28-16-8-10-18-30(28)36-26-13-5-2-6-14-26/h1-22H. The van der Waals surface area contributed by atoms with Gasteiger partial charge in [0.05, 0.1) is 11.1 Å². The van der Waals surface area contributed by atoms with Gasteiger partial charge in [0.2, 0.25) is 0 Å². The fourth-order valence-electron chi connectivity index (χ4n) is 3.80. The second-order valence-electron chi connectivity index (χ2n) is 8.06. The van der Waals surface area contributed by atoms with Crippen molar-refractivity contribution < 1.29 is 19.1 Å². The zero-order valence-electron chi connectivity index (χ0n) is 19.3. The molecule has 0 aliphatic heterocycles. The van der Waals surface area contributed by atoms with Crippen LogP contribution in [0, 0.1) is 0 Å². The minimum Gasteiger partial charge on any atom is -0.457 e. The van der Waals surface area contributed by atoms with Crippen molar-refractivity contribution in [3.63, 3.8) is 0 Å². The van der Waals surface area contributed by atoms with E-state index < -0.39 is 0 Å². The molecular formula is C32H22O4. The largest absolute Gasteiger partial charge is 0.457 e. The van der Waals surface area contributed by atoms with Crippen LogP contribution < -0.4 is 9.47 Å². The molecule has 4 nitrogen and oxygen atoms in total. The van der Waals surface area contributed by atoms with Gasteiger partial charge in [0.25, 0.3) is 0 Å². The first-order valence-corrected chi connectivity index (χ1v) is 11.5. The molecule has 0 aliphatic carbocycles. The summed E-state index contributed by atoms with van der Waals surface area (Å²) in [6.45, 7) is 0. The van der Waals surface area contributed by atoms with Crippen LogP contribution in [-0.4, -0.2) is 11.6 Å². The second kappa shape index (κ2) is 10.5. The normalized spacial score (nSPS) is 10.4. The number of rotatable bonds is 8. The Morgan fingerprint density at radius 1 is 0.389 bits per heavy atom. The van der Waals surface area contributed by atoms with Crippen LogP contribution in [0.3, 0.4) is 0 Å². The zero-order chi connectivity index (χ0) is 24.7. The average Bonchev–Trinajstić information content (AvgIpc) is 2.94. The Morgan fingerprint density at radius 2 is 0.722 bits per heavy atom. The summed E-state index contributed by atoms with van der Waals surface area (Å²) >= 11 is 0. The molecule has 0 atom stereocenters. The van der Waals surface area contributed by atoms with Gasteiger partial charge in [0.1, 0.15) is 23.0 Å². The number of hydrogen-bond donors (Lipinski definition) is 0. The van der Waals surface area contributed by atoms with Crippen LogP contribution in [0.4, 0.5) is 0 Å². The van der Waals surface area contributed by atoms with Gasteiger partial charge in [-0.25, -0.2) is 0 Å². The fourth-order valence-corrected chi connectivity index (χ4v) is 3.80. The molecule has 5 aromatic carbocycles. The third kappa shape index (κ3) is 5.08. The van der Waals surface area contributed by atoms with E-state index >= 15 is 0 Å². The predicted molar refractivity (Wildman–Crippen MR) is 139 cm³/mol. The Hall–Kier alpha value is -4.96. The van der Waals surface area contributed by atoms with Gasteiger partial charge in [0.15, 0.2) is 11.6 Å². The predicted octanol–water partition coefficient (Wildman–Crippen LogP) is 7.73. The number of ether oxygens (including phenoxy) is 2. The highest BCUT2D eigenvalue weighted by molar-refractivity contribution is 6.13. The molecule has 0 heterocycles. The molecule has 5 aromatic rings. The van der Waals surface area contributed by atoms with Crippen LogP contribution in [0.2, 0.25) is 0 Å². The maximum absolute atomic E-state index is 13.3. The lowest BCUT2D eigenvalue weighted by atomic mass is 9.98. The summed E-state index contributed by atoms with van der Waals surface area (Å²) < 4.78 is 11.9. The van der Waals surface area contributed by atoms with Crippen molar-refractivity contribution in [2.24, 2.45) is 0 Å². The van der Waals surface area contributed by atoms with E-state index in [2.05, 4.69) is 0 Å². The van der Waals surface area contributed by atoms with E-state index in [1.54, 1.807) is 60.7 Å². The third-order valence-electron chi connectivity index (χ3n) is 5.61. The second-order valence-corrected chi connectivity index (χ2v) is 8.06. The molecule has 0 radical (unpaired) electrons. The molecule has 36 heavy (non-hydrogen) atoms. The number of hydrogen-bond acceptors (Lipinski definition) is 4. The van der Waals surface area contributed by atoms with Crippen molar-refractivity contribution in [1.82, 2.24) is 0 Å².